The van der Waals surface area contributed by atoms with Crippen LogP contribution in [0.15, 0.2) is 48.0 Å². The Hall–Kier alpha value is -2.32. The quantitative estimate of drug-likeness (QED) is 0.362. The Balaban J connectivity index is 1.24. The number of aromatic nitrogens is 2. The normalized spacial score (nSPS) is 14.4. The third-order valence-electron chi connectivity index (χ3n) is 5.53. The maximum atomic E-state index is 12.5. The van der Waals surface area contributed by atoms with Crippen molar-refractivity contribution in [2.45, 2.75) is 25.7 Å². The topological polar surface area (TPSA) is 70.2 Å². The fraction of sp³-hybridized carbons (Fsp3) is 0.375. The van der Waals surface area contributed by atoms with Gasteiger partial charge < -0.3 is 15.5 Å². The van der Waals surface area contributed by atoms with Crippen LogP contribution in [-0.2, 0) is 17.6 Å². The van der Waals surface area contributed by atoms with E-state index < -0.39 is 0 Å². The summed E-state index contributed by atoms with van der Waals surface area (Å²) in [6.07, 6.45) is 5.41. The SMILES string of the molecule is O=C(Cc1cccc(CCCCN2CCNCC2)c1)Nc1nc(-c2ccnc(Cl)c2)cs1. The van der Waals surface area contributed by atoms with Crippen molar-refractivity contribution >= 4 is 34.0 Å². The number of carbonyl (C=O) groups is 1. The molecule has 8 heteroatoms. The third-order valence-corrected chi connectivity index (χ3v) is 6.49. The van der Waals surface area contributed by atoms with Crippen LogP contribution in [0.2, 0.25) is 5.15 Å². The summed E-state index contributed by atoms with van der Waals surface area (Å²) in [6, 6.07) is 12.0. The summed E-state index contributed by atoms with van der Waals surface area (Å²) < 4.78 is 0. The molecule has 2 aromatic heterocycles. The van der Waals surface area contributed by atoms with Crippen LogP contribution >= 0.6 is 22.9 Å². The predicted molar refractivity (Wildman–Crippen MR) is 131 cm³/mol. The minimum absolute atomic E-state index is 0.0606. The molecule has 1 aliphatic rings. The first kappa shape index (κ1) is 22.9. The molecule has 0 bridgehead atoms. The number of hydrogen-bond acceptors (Lipinski definition) is 6. The van der Waals surface area contributed by atoms with Gasteiger partial charge in [0.25, 0.3) is 0 Å². The molecule has 4 rings (SSSR count). The molecule has 0 spiro atoms. The molecule has 0 unspecified atom stereocenters. The second-order valence-electron chi connectivity index (χ2n) is 8.00. The van der Waals surface area contributed by atoms with Crippen molar-refractivity contribution in [2.24, 2.45) is 0 Å². The van der Waals surface area contributed by atoms with Crippen molar-refractivity contribution < 1.29 is 4.79 Å². The second-order valence-corrected chi connectivity index (χ2v) is 9.24. The zero-order valence-corrected chi connectivity index (χ0v) is 19.6. The molecule has 2 N–H and O–H groups in total. The number of rotatable bonds is 9. The van der Waals surface area contributed by atoms with Gasteiger partial charge >= 0.3 is 0 Å². The van der Waals surface area contributed by atoms with E-state index in [-0.39, 0.29) is 5.91 Å². The van der Waals surface area contributed by atoms with Crippen LogP contribution in [0.25, 0.3) is 11.3 Å². The first-order chi connectivity index (χ1) is 15.7. The molecule has 3 heterocycles. The van der Waals surface area contributed by atoms with Gasteiger partial charge in [0.15, 0.2) is 5.13 Å². The van der Waals surface area contributed by atoms with E-state index in [2.05, 4.69) is 37.6 Å². The zero-order valence-electron chi connectivity index (χ0n) is 18.0. The lowest BCUT2D eigenvalue weighted by Gasteiger charge is -2.27. The number of benzene rings is 1. The molecule has 1 fully saturated rings. The standard InChI is InChI=1S/C24H28ClN5OS/c25-22-16-20(7-8-27-22)21-17-32-24(28-21)29-23(31)15-19-6-3-5-18(14-19)4-1-2-11-30-12-9-26-10-13-30/h3,5-8,14,16-17,26H,1-2,4,9-13,15H2,(H,28,29,31). The monoisotopic (exact) mass is 469 g/mol. The van der Waals surface area contributed by atoms with Crippen LogP contribution in [-0.4, -0.2) is 53.5 Å². The highest BCUT2D eigenvalue weighted by molar-refractivity contribution is 7.14. The van der Waals surface area contributed by atoms with Gasteiger partial charge in [0, 0.05) is 43.3 Å². The van der Waals surface area contributed by atoms with Gasteiger partial charge in [-0.3, -0.25) is 4.79 Å². The molecule has 1 amide bonds. The highest BCUT2D eigenvalue weighted by Gasteiger charge is 2.11. The maximum Gasteiger partial charge on any atom is 0.230 e. The summed E-state index contributed by atoms with van der Waals surface area (Å²) in [7, 11) is 0. The lowest BCUT2D eigenvalue weighted by atomic mass is 10.0. The van der Waals surface area contributed by atoms with E-state index in [9.17, 15) is 4.79 Å². The molecular formula is C24H28ClN5OS. The number of carbonyl (C=O) groups excluding carboxylic acids is 1. The Morgan fingerprint density at radius 1 is 1.16 bits per heavy atom. The van der Waals surface area contributed by atoms with Gasteiger partial charge in [0.1, 0.15) is 5.15 Å². The molecule has 3 aromatic rings. The number of anilines is 1. The number of amides is 1. The van der Waals surface area contributed by atoms with E-state index in [0.717, 1.165) is 49.4 Å². The third kappa shape index (κ3) is 6.84. The number of unbranched alkanes of at least 4 members (excludes halogenated alkanes) is 1. The molecule has 1 saturated heterocycles. The van der Waals surface area contributed by atoms with Crippen LogP contribution < -0.4 is 10.6 Å². The van der Waals surface area contributed by atoms with E-state index in [0.29, 0.717) is 16.7 Å². The number of hydrogen-bond donors (Lipinski definition) is 2. The van der Waals surface area contributed by atoms with Gasteiger partial charge in [-0.2, -0.15) is 0 Å². The Labute approximate surface area is 198 Å². The van der Waals surface area contributed by atoms with Crippen LogP contribution in [0.5, 0.6) is 0 Å². The van der Waals surface area contributed by atoms with Crippen molar-refractivity contribution in [1.29, 1.82) is 0 Å². The van der Waals surface area contributed by atoms with Crippen molar-refractivity contribution in [3.8, 4) is 11.3 Å². The van der Waals surface area contributed by atoms with Gasteiger partial charge in [0.05, 0.1) is 12.1 Å². The van der Waals surface area contributed by atoms with Crippen molar-refractivity contribution in [3.63, 3.8) is 0 Å². The smallest absolute Gasteiger partial charge is 0.230 e. The average molecular weight is 470 g/mol. The molecule has 6 nitrogen and oxygen atoms in total. The summed E-state index contributed by atoms with van der Waals surface area (Å²) >= 11 is 7.36. The van der Waals surface area contributed by atoms with Crippen LogP contribution in [0.1, 0.15) is 24.0 Å². The Kier molecular flexibility index (Phi) is 8.23. The van der Waals surface area contributed by atoms with E-state index in [1.165, 1.54) is 36.3 Å². The summed E-state index contributed by atoms with van der Waals surface area (Å²) in [5.74, 6) is -0.0606. The highest BCUT2D eigenvalue weighted by atomic mass is 35.5. The van der Waals surface area contributed by atoms with Crippen molar-refractivity contribution in [1.82, 2.24) is 20.2 Å². The zero-order chi connectivity index (χ0) is 22.2. The average Bonchev–Trinajstić information content (AvgIpc) is 3.26. The lowest BCUT2D eigenvalue weighted by Crippen LogP contribution is -2.43. The van der Waals surface area contributed by atoms with Gasteiger partial charge in [0.2, 0.25) is 5.91 Å². The van der Waals surface area contributed by atoms with Crippen LogP contribution in [0, 0.1) is 0 Å². The number of piperazine rings is 1. The molecule has 0 saturated carbocycles. The number of pyridine rings is 1. The van der Waals surface area contributed by atoms with Gasteiger partial charge in [-0.1, -0.05) is 35.9 Å². The molecule has 1 aromatic carbocycles. The summed E-state index contributed by atoms with van der Waals surface area (Å²) in [5.41, 5.74) is 3.98. The Morgan fingerprint density at radius 2 is 2.00 bits per heavy atom. The number of halogens is 1. The lowest BCUT2D eigenvalue weighted by molar-refractivity contribution is -0.115. The van der Waals surface area contributed by atoms with Crippen molar-refractivity contribution in [3.05, 3.63) is 64.3 Å². The molecule has 0 atom stereocenters. The first-order valence-corrected chi connectivity index (χ1v) is 12.3. The van der Waals surface area contributed by atoms with E-state index >= 15 is 0 Å². The van der Waals surface area contributed by atoms with Gasteiger partial charge in [-0.05, 0) is 49.1 Å². The Bertz CT molecular complexity index is 1030. The maximum absolute atomic E-state index is 12.5. The molecule has 168 valence electrons. The van der Waals surface area contributed by atoms with E-state index in [1.807, 2.05) is 23.6 Å². The minimum Gasteiger partial charge on any atom is -0.314 e. The summed E-state index contributed by atoms with van der Waals surface area (Å²) in [5, 5.41) is 9.22. The molecule has 1 aliphatic heterocycles. The molecule has 32 heavy (non-hydrogen) atoms. The molecule has 0 aliphatic carbocycles. The van der Waals surface area contributed by atoms with E-state index in [1.54, 1.807) is 12.3 Å². The summed E-state index contributed by atoms with van der Waals surface area (Å²) in [6.45, 7) is 5.68. The molecular weight excluding hydrogens is 442 g/mol. The highest BCUT2D eigenvalue weighted by Crippen LogP contribution is 2.26. The van der Waals surface area contributed by atoms with Crippen LogP contribution in [0.3, 0.4) is 0 Å². The Morgan fingerprint density at radius 3 is 2.84 bits per heavy atom. The van der Waals surface area contributed by atoms with Crippen LogP contribution in [0.4, 0.5) is 5.13 Å². The first-order valence-electron chi connectivity index (χ1n) is 11.0. The van der Waals surface area contributed by atoms with Crippen molar-refractivity contribution in [2.75, 3.05) is 38.0 Å². The van der Waals surface area contributed by atoms with E-state index in [4.69, 9.17) is 11.6 Å². The fourth-order valence-electron chi connectivity index (χ4n) is 3.87. The van der Waals surface area contributed by atoms with Gasteiger partial charge in [-0.25, -0.2) is 9.97 Å². The number of nitrogens with zero attached hydrogens (tertiary/aromatic N) is 3. The molecule has 0 radical (unpaired) electrons. The minimum atomic E-state index is -0.0606. The van der Waals surface area contributed by atoms with Gasteiger partial charge in [-0.15, -0.1) is 11.3 Å². The summed E-state index contributed by atoms with van der Waals surface area (Å²) in [4.78, 5) is 23.6. The largest absolute Gasteiger partial charge is 0.314 e. The number of nitrogens with one attached hydrogen (secondary N) is 2. The second kappa shape index (κ2) is 11.5. The predicted octanol–water partition coefficient (Wildman–Crippen LogP) is 4.27. The number of thiazole rings is 1. The fourth-order valence-corrected chi connectivity index (χ4v) is 4.78. The number of aryl methyl sites for hydroxylation is 1.